The van der Waals surface area contributed by atoms with Gasteiger partial charge in [-0.15, -0.1) is 11.3 Å². The predicted molar refractivity (Wildman–Crippen MR) is 76.9 cm³/mol. The summed E-state index contributed by atoms with van der Waals surface area (Å²) in [5, 5.41) is 15.6. The number of hydrogen-bond acceptors (Lipinski definition) is 5. The number of thiophene rings is 1. The minimum Gasteiger partial charge on any atom is -0.392 e. The van der Waals surface area contributed by atoms with Crippen LogP contribution >= 0.6 is 11.3 Å². The minimum atomic E-state index is -3.69. The van der Waals surface area contributed by atoms with Gasteiger partial charge in [-0.1, -0.05) is 24.3 Å². The molecule has 0 aliphatic carbocycles. The molecule has 5 nitrogen and oxygen atoms in total. The third kappa shape index (κ3) is 3.25. The van der Waals surface area contributed by atoms with Gasteiger partial charge in [-0.25, -0.2) is 13.6 Å². The molecule has 0 spiro atoms. The van der Waals surface area contributed by atoms with Crippen molar-refractivity contribution in [3.8, 4) is 0 Å². The summed E-state index contributed by atoms with van der Waals surface area (Å²) < 4.78 is 28.0. The van der Waals surface area contributed by atoms with Crippen molar-refractivity contribution < 1.29 is 18.3 Å². The summed E-state index contributed by atoms with van der Waals surface area (Å²) in [6.07, 6.45) is -0.358. The van der Waals surface area contributed by atoms with E-state index in [-0.39, 0.29) is 17.6 Å². The van der Waals surface area contributed by atoms with Crippen LogP contribution in [0.15, 0.2) is 40.6 Å². The number of rotatable bonds is 5. The van der Waals surface area contributed by atoms with Crippen LogP contribution in [-0.4, -0.2) is 20.6 Å². The Morgan fingerprint density at radius 1 is 1.35 bits per heavy atom. The van der Waals surface area contributed by atoms with Gasteiger partial charge < -0.3 is 9.84 Å². The molecule has 20 heavy (non-hydrogen) atoms. The Hall–Kier alpha value is -1.25. The number of ether oxygens (including phenoxy) is 1. The molecule has 1 atom stereocenters. The Bertz CT molecular complexity index is 677. The van der Waals surface area contributed by atoms with Gasteiger partial charge in [0, 0.05) is 17.4 Å². The molecule has 2 rings (SSSR count). The van der Waals surface area contributed by atoms with E-state index in [9.17, 15) is 8.42 Å². The molecule has 0 aliphatic heterocycles. The Balaban J connectivity index is 2.34. The SMILES string of the molecule is COC(c1ccc(CO)cc1)c1cc(S(N)(=O)=O)cs1. The summed E-state index contributed by atoms with van der Waals surface area (Å²) in [5.74, 6) is 0. The van der Waals surface area contributed by atoms with Crippen LogP contribution in [-0.2, 0) is 21.4 Å². The molecule has 0 fully saturated rings. The average molecular weight is 313 g/mol. The fourth-order valence-electron chi connectivity index (χ4n) is 1.84. The summed E-state index contributed by atoms with van der Waals surface area (Å²) >= 11 is 1.28. The van der Waals surface area contributed by atoms with Crippen molar-refractivity contribution in [1.82, 2.24) is 0 Å². The van der Waals surface area contributed by atoms with Crippen LogP contribution in [0.2, 0.25) is 0 Å². The number of sulfonamides is 1. The van der Waals surface area contributed by atoms with Gasteiger partial charge in [-0.3, -0.25) is 0 Å². The monoisotopic (exact) mass is 313 g/mol. The standard InChI is InChI=1S/C13H15NO4S2/c1-18-13(10-4-2-9(7-15)3-5-10)12-6-11(8-19-12)20(14,16)17/h2-6,8,13,15H,7H2,1H3,(H2,14,16,17). The van der Waals surface area contributed by atoms with Crippen LogP contribution in [0.1, 0.15) is 22.1 Å². The zero-order valence-electron chi connectivity index (χ0n) is 10.8. The fourth-order valence-corrected chi connectivity index (χ4v) is 3.75. The van der Waals surface area contributed by atoms with E-state index in [1.807, 2.05) is 12.1 Å². The van der Waals surface area contributed by atoms with E-state index in [1.54, 1.807) is 19.2 Å². The number of nitrogens with two attached hydrogens (primary N) is 1. The molecule has 2 aromatic rings. The Morgan fingerprint density at radius 3 is 2.45 bits per heavy atom. The van der Waals surface area contributed by atoms with Gasteiger partial charge in [-0.2, -0.15) is 0 Å². The molecule has 1 heterocycles. The van der Waals surface area contributed by atoms with Gasteiger partial charge in [-0.05, 0) is 17.2 Å². The summed E-state index contributed by atoms with van der Waals surface area (Å²) in [6, 6.07) is 8.81. The quantitative estimate of drug-likeness (QED) is 0.878. The fraction of sp³-hybridized carbons (Fsp3) is 0.231. The van der Waals surface area contributed by atoms with Gasteiger partial charge >= 0.3 is 0 Å². The maximum atomic E-state index is 11.3. The second-order valence-corrected chi connectivity index (χ2v) is 6.75. The third-order valence-electron chi connectivity index (χ3n) is 2.88. The van der Waals surface area contributed by atoms with Crippen LogP contribution < -0.4 is 5.14 Å². The molecule has 0 amide bonds. The smallest absolute Gasteiger partial charge is 0.238 e. The van der Waals surface area contributed by atoms with Crippen molar-refractivity contribution in [3.05, 3.63) is 51.7 Å². The van der Waals surface area contributed by atoms with Gasteiger partial charge in [0.1, 0.15) is 6.10 Å². The summed E-state index contributed by atoms with van der Waals surface area (Å²) in [4.78, 5) is 0.847. The van der Waals surface area contributed by atoms with Gasteiger partial charge in [0.25, 0.3) is 0 Å². The molecule has 108 valence electrons. The number of benzene rings is 1. The molecule has 0 saturated carbocycles. The molecule has 0 aliphatic rings. The summed E-state index contributed by atoms with van der Waals surface area (Å²) in [7, 11) is -2.14. The lowest BCUT2D eigenvalue weighted by molar-refractivity contribution is 0.139. The first-order valence-corrected chi connectivity index (χ1v) is 8.22. The first-order chi connectivity index (χ1) is 9.45. The molecule has 7 heteroatoms. The highest BCUT2D eigenvalue weighted by Crippen LogP contribution is 2.31. The Labute approximate surface area is 121 Å². The number of aliphatic hydroxyl groups is 1. The molecule has 1 unspecified atom stereocenters. The van der Waals surface area contributed by atoms with Crippen molar-refractivity contribution in [2.45, 2.75) is 17.6 Å². The van der Waals surface area contributed by atoms with Gasteiger partial charge in [0.2, 0.25) is 10.0 Å². The van der Waals surface area contributed by atoms with E-state index in [0.717, 1.165) is 16.0 Å². The Morgan fingerprint density at radius 2 is 2.00 bits per heavy atom. The molecular formula is C13H15NO4S2. The zero-order valence-corrected chi connectivity index (χ0v) is 12.4. The van der Waals surface area contributed by atoms with Crippen molar-refractivity contribution in [2.24, 2.45) is 5.14 Å². The number of hydrogen-bond donors (Lipinski definition) is 2. The van der Waals surface area contributed by atoms with Crippen molar-refractivity contribution in [2.75, 3.05) is 7.11 Å². The Kier molecular flexibility index (Phi) is 4.56. The maximum absolute atomic E-state index is 11.3. The normalized spacial score (nSPS) is 13.3. The van der Waals surface area contributed by atoms with Gasteiger partial charge in [0.15, 0.2) is 0 Å². The lowest BCUT2D eigenvalue weighted by Gasteiger charge is -2.14. The lowest BCUT2D eigenvalue weighted by atomic mass is 10.1. The van der Waals surface area contributed by atoms with Crippen molar-refractivity contribution in [1.29, 1.82) is 0 Å². The van der Waals surface area contributed by atoms with Gasteiger partial charge in [0.05, 0.1) is 11.5 Å². The van der Waals surface area contributed by atoms with Crippen molar-refractivity contribution >= 4 is 21.4 Å². The van der Waals surface area contributed by atoms with E-state index in [4.69, 9.17) is 15.0 Å². The minimum absolute atomic E-state index is 0.0213. The van der Waals surface area contributed by atoms with Crippen LogP contribution in [0.4, 0.5) is 0 Å². The van der Waals surface area contributed by atoms with E-state index in [0.29, 0.717) is 0 Å². The van der Waals surface area contributed by atoms with Crippen LogP contribution in [0.25, 0.3) is 0 Å². The van der Waals surface area contributed by atoms with Crippen LogP contribution in [0.3, 0.4) is 0 Å². The highest BCUT2D eigenvalue weighted by atomic mass is 32.2. The second kappa shape index (κ2) is 6.02. The van der Waals surface area contributed by atoms with E-state index in [1.165, 1.54) is 22.8 Å². The predicted octanol–water partition coefficient (Wildman–Crippen LogP) is 1.62. The molecule has 1 aromatic heterocycles. The lowest BCUT2D eigenvalue weighted by Crippen LogP contribution is -2.11. The summed E-state index contributed by atoms with van der Waals surface area (Å²) in [5.41, 5.74) is 1.69. The first kappa shape index (κ1) is 15.1. The third-order valence-corrected chi connectivity index (χ3v) is 4.90. The summed E-state index contributed by atoms with van der Waals surface area (Å²) in [6.45, 7) is -0.0213. The average Bonchev–Trinajstić information content (AvgIpc) is 2.90. The number of methoxy groups -OCH3 is 1. The second-order valence-electron chi connectivity index (χ2n) is 4.25. The van der Waals surface area contributed by atoms with Crippen LogP contribution in [0, 0.1) is 0 Å². The maximum Gasteiger partial charge on any atom is 0.238 e. The highest BCUT2D eigenvalue weighted by Gasteiger charge is 2.18. The highest BCUT2D eigenvalue weighted by molar-refractivity contribution is 7.89. The molecule has 0 radical (unpaired) electrons. The zero-order chi connectivity index (χ0) is 14.8. The van der Waals surface area contributed by atoms with E-state index < -0.39 is 10.0 Å². The molecule has 0 bridgehead atoms. The largest absolute Gasteiger partial charge is 0.392 e. The molecule has 3 N–H and O–H groups in total. The topological polar surface area (TPSA) is 89.6 Å². The van der Waals surface area contributed by atoms with E-state index >= 15 is 0 Å². The molecule has 1 aromatic carbocycles. The molecular weight excluding hydrogens is 298 g/mol. The first-order valence-electron chi connectivity index (χ1n) is 5.79. The van der Waals surface area contributed by atoms with E-state index in [2.05, 4.69) is 0 Å². The molecule has 0 saturated heterocycles. The van der Waals surface area contributed by atoms with Crippen molar-refractivity contribution in [3.63, 3.8) is 0 Å². The van der Waals surface area contributed by atoms with Crippen LogP contribution in [0.5, 0.6) is 0 Å². The number of primary sulfonamides is 1. The number of aliphatic hydroxyl groups excluding tert-OH is 1.